The lowest BCUT2D eigenvalue weighted by Crippen LogP contribution is -2.54. The van der Waals surface area contributed by atoms with Gasteiger partial charge in [-0.2, -0.15) is 0 Å². The van der Waals surface area contributed by atoms with Crippen LogP contribution in [0.2, 0.25) is 0 Å². The van der Waals surface area contributed by atoms with Crippen molar-refractivity contribution in [3.63, 3.8) is 0 Å². The SMILES string of the molecule is CC(C)(C)N1CCCC2(CCNCC2)C1. The number of nitrogens with one attached hydrogen (secondary N) is 1. The molecule has 0 amide bonds. The third-order valence-corrected chi connectivity index (χ3v) is 4.27. The summed E-state index contributed by atoms with van der Waals surface area (Å²) < 4.78 is 0. The van der Waals surface area contributed by atoms with Crippen molar-refractivity contribution in [2.45, 2.75) is 52.0 Å². The van der Waals surface area contributed by atoms with E-state index >= 15 is 0 Å². The zero-order valence-corrected chi connectivity index (χ0v) is 10.6. The molecule has 2 aliphatic heterocycles. The van der Waals surface area contributed by atoms with E-state index < -0.39 is 0 Å². The first-order chi connectivity index (χ1) is 7.02. The Labute approximate surface area is 94.4 Å². The lowest BCUT2D eigenvalue weighted by Gasteiger charge is -2.49. The minimum Gasteiger partial charge on any atom is -0.317 e. The highest BCUT2D eigenvalue weighted by molar-refractivity contribution is 4.93. The van der Waals surface area contributed by atoms with Gasteiger partial charge in [0.1, 0.15) is 0 Å². The summed E-state index contributed by atoms with van der Waals surface area (Å²) in [7, 11) is 0. The maximum absolute atomic E-state index is 3.49. The van der Waals surface area contributed by atoms with Crippen LogP contribution in [0.3, 0.4) is 0 Å². The zero-order valence-electron chi connectivity index (χ0n) is 10.6. The van der Waals surface area contributed by atoms with E-state index in [1.165, 1.54) is 51.9 Å². The second kappa shape index (κ2) is 4.06. The van der Waals surface area contributed by atoms with Gasteiger partial charge in [-0.15, -0.1) is 0 Å². The first kappa shape index (κ1) is 11.4. The largest absolute Gasteiger partial charge is 0.317 e. The van der Waals surface area contributed by atoms with Gasteiger partial charge in [0.2, 0.25) is 0 Å². The zero-order chi connectivity index (χ0) is 10.9. The van der Waals surface area contributed by atoms with Crippen molar-refractivity contribution in [1.29, 1.82) is 0 Å². The smallest absolute Gasteiger partial charge is 0.0125 e. The Bertz CT molecular complexity index is 206. The summed E-state index contributed by atoms with van der Waals surface area (Å²) in [5.74, 6) is 0. The van der Waals surface area contributed by atoms with E-state index in [-0.39, 0.29) is 0 Å². The van der Waals surface area contributed by atoms with Gasteiger partial charge in [-0.25, -0.2) is 0 Å². The van der Waals surface area contributed by atoms with Crippen molar-refractivity contribution in [3.8, 4) is 0 Å². The van der Waals surface area contributed by atoms with Crippen molar-refractivity contribution in [1.82, 2.24) is 10.2 Å². The van der Waals surface area contributed by atoms with Crippen LogP contribution < -0.4 is 5.32 Å². The lowest BCUT2D eigenvalue weighted by atomic mass is 9.72. The molecule has 15 heavy (non-hydrogen) atoms. The van der Waals surface area contributed by atoms with Crippen molar-refractivity contribution in [2.24, 2.45) is 5.41 Å². The molecule has 0 aromatic rings. The Balaban J connectivity index is 2.02. The Morgan fingerprint density at radius 3 is 2.33 bits per heavy atom. The van der Waals surface area contributed by atoms with Gasteiger partial charge in [0, 0.05) is 12.1 Å². The van der Waals surface area contributed by atoms with E-state index in [1.54, 1.807) is 0 Å². The normalized spacial score (nSPS) is 28.2. The minimum atomic E-state index is 0.359. The predicted molar refractivity (Wildman–Crippen MR) is 65.1 cm³/mol. The monoisotopic (exact) mass is 210 g/mol. The summed E-state index contributed by atoms with van der Waals surface area (Å²) in [6.07, 6.45) is 5.64. The molecule has 2 heterocycles. The molecule has 88 valence electrons. The van der Waals surface area contributed by atoms with Crippen LogP contribution in [0, 0.1) is 5.41 Å². The average Bonchev–Trinajstić information content (AvgIpc) is 2.18. The van der Waals surface area contributed by atoms with E-state index in [0.29, 0.717) is 11.0 Å². The van der Waals surface area contributed by atoms with Gasteiger partial charge in [-0.05, 0) is 71.5 Å². The fourth-order valence-electron chi connectivity index (χ4n) is 3.15. The van der Waals surface area contributed by atoms with E-state index in [1.807, 2.05) is 0 Å². The molecule has 2 saturated heterocycles. The molecular formula is C13H26N2. The molecule has 0 aromatic carbocycles. The van der Waals surface area contributed by atoms with E-state index in [2.05, 4.69) is 31.0 Å². The quantitative estimate of drug-likeness (QED) is 0.660. The van der Waals surface area contributed by atoms with Crippen LogP contribution in [-0.2, 0) is 0 Å². The van der Waals surface area contributed by atoms with Gasteiger partial charge >= 0.3 is 0 Å². The van der Waals surface area contributed by atoms with Gasteiger partial charge in [-0.1, -0.05) is 0 Å². The number of piperidine rings is 2. The van der Waals surface area contributed by atoms with Gasteiger partial charge in [0.15, 0.2) is 0 Å². The highest BCUT2D eigenvalue weighted by atomic mass is 15.2. The maximum Gasteiger partial charge on any atom is 0.0125 e. The lowest BCUT2D eigenvalue weighted by molar-refractivity contribution is 0.00805. The Hall–Kier alpha value is -0.0800. The van der Waals surface area contributed by atoms with Crippen molar-refractivity contribution in [3.05, 3.63) is 0 Å². The molecule has 0 aromatic heterocycles. The number of rotatable bonds is 0. The highest BCUT2D eigenvalue weighted by Gasteiger charge is 2.39. The molecule has 0 aliphatic carbocycles. The molecule has 1 spiro atoms. The van der Waals surface area contributed by atoms with Gasteiger partial charge in [0.05, 0.1) is 0 Å². The fraction of sp³-hybridized carbons (Fsp3) is 1.00. The summed E-state index contributed by atoms with van der Waals surface area (Å²) >= 11 is 0. The van der Waals surface area contributed by atoms with Gasteiger partial charge in [-0.3, -0.25) is 4.90 Å². The van der Waals surface area contributed by atoms with Crippen LogP contribution in [0.1, 0.15) is 46.5 Å². The average molecular weight is 210 g/mol. The predicted octanol–water partition coefficient (Wildman–Crippen LogP) is 2.25. The first-order valence-electron chi connectivity index (χ1n) is 6.48. The summed E-state index contributed by atoms with van der Waals surface area (Å²) in [6.45, 7) is 12.2. The molecule has 2 heteroatoms. The molecular weight excluding hydrogens is 184 g/mol. The van der Waals surface area contributed by atoms with Crippen LogP contribution in [0.5, 0.6) is 0 Å². The van der Waals surface area contributed by atoms with E-state index in [0.717, 1.165) is 0 Å². The minimum absolute atomic E-state index is 0.359. The number of nitrogens with zero attached hydrogens (tertiary/aromatic N) is 1. The molecule has 2 rings (SSSR count). The molecule has 0 atom stereocenters. The summed E-state index contributed by atoms with van der Waals surface area (Å²) in [6, 6.07) is 0. The van der Waals surface area contributed by atoms with E-state index in [4.69, 9.17) is 0 Å². The number of likely N-dealkylation sites (tertiary alicyclic amines) is 1. The number of hydrogen-bond acceptors (Lipinski definition) is 2. The molecule has 2 fully saturated rings. The highest BCUT2D eigenvalue weighted by Crippen LogP contribution is 2.39. The van der Waals surface area contributed by atoms with Crippen molar-refractivity contribution >= 4 is 0 Å². The summed E-state index contributed by atoms with van der Waals surface area (Å²) in [5, 5.41) is 3.49. The van der Waals surface area contributed by atoms with Crippen molar-refractivity contribution < 1.29 is 0 Å². The fourth-order valence-corrected chi connectivity index (χ4v) is 3.15. The first-order valence-corrected chi connectivity index (χ1v) is 6.48. The number of hydrogen-bond donors (Lipinski definition) is 1. The van der Waals surface area contributed by atoms with Crippen LogP contribution in [-0.4, -0.2) is 36.6 Å². The summed E-state index contributed by atoms with van der Waals surface area (Å²) in [4.78, 5) is 2.70. The topological polar surface area (TPSA) is 15.3 Å². The van der Waals surface area contributed by atoms with Crippen LogP contribution in [0.25, 0.3) is 0 Å². The second-order valence-electron chi connectivity index (χ2n) is 6.45. The molecule has 2 aliphatic rings. The third-order valence-electron chi connectivity index (χ3n) is 4.27. The van der Waals surface area contributed by atoms with Crippen LogP contribution in [0.4, 0.5) is 0 Å². The van der Waals surface area contributed by atoms with Crippen LogP contribution in [0.15, 0.2) is 0 Å². The summed E-state index contributed by atoms with van der Waals surface area (Å²) in [5.41, 5.74) is 1.01. The van der Waals surface area contributed by atoms with Gasteiger partial charge < -0.3 is 5.32 Å². The molecule has 0 unspecified atom stereocenters. The molecule has 2 nitrogen and oxygen atoms in total. The maximum atomic E-state index is 3.49. The standard InChI is InChI=1S/C13H26N2/c1-12(2,3)15-10-4-5-13(11-15)6-8-14-9-7-13/h14H,4-11H2,1-3H3. The van der Waals surface area contributed by atoms with E-state index in [9.17, 15) is 0 Å². The Morgan fingerprint density at radius 2 is 1.73 bits per heavy atom. The van der Waals surface area contributed by atoms with Gasteiger partial charge in [0.25, 0.3) is 0 Å². The Morgan fingerprint density at radius 1 is 1.07 bits per heavy atom. The van der Waals surface area contributed by atoms with Crippen LogP contribution >= 0.6 is 0 Å². The molecule has 0 saturated carbocycles. The molecule has 0 bridgehead atoms. The molecule has 1 N–H and O–H groups in total. The molecule has 0 radical (unpaired) electrons. The second-order valence-corrected chi connectivity index (χ2v) is 6.45. The third kappa shape index (κ3) is 2.54. The Kier molecular flexibility index (Phi) is 3.09. The van der Waals surface area contributed by atoms with Crippen molar-refractivity contribution in [2.75, 3.05) is 26.2 Å².